The highest BCUT2D eigenvalue weighted by atomic mass is 19.4. The van der Waals surface area contributed by atoms with E-state index in [0.29, 0.717) is 5.39 Å². The third-order valence-electron chi connectivity index (χ3n) is 2.49. The summed E-state index contributed by atoms with van der Waals surface area (Å²) in [5, 5.41) is 9.27. The summed E-state index contributed by atoms with van der Waals surface area (Å²) in [5.41, 5.74) is -1.03. The number of carboxylic acids is 1. The van der Waals surface area contributed by atoms with Gasteiger partial charge in [0.15, 0.2) is 5.69 Å². The number of rotatable bonds is 2. The van der Waals surface area contributed by atoms with Crippen LogP contribution in [-0.2, 0) is 6.18 Å². The van der Waals surface area contributed by atoms with E-state index in [1.165, 1.54) is 19.2 Å². The van der Waals surface area contributed by atoms with Crippen LogP contribution in [0.15, 0.2) is 24.3 Å². The second-order valence-corrected chi connectivity index (χ2v) is 3.58. The van der Waals surface area contributed by atoms with Crippen LogP contribution >= 0.6 is 0 Å². The van der Waals surface area contributed by atoms with Crippen molar-refractivity contribution < 1.29 is 27.9 Å². The molecule has 18 heavy (non-hydrogen) atoms. The third kappa shape index (κ3) is 1.87. The van der Waals surface area contributed by atoms with E-state index in [1.54, 1.807) is 0 Å². The summed E-state index contributed by atoms with van der Waals surface area (Å²) >= 11 is 0. The van der Waals surface area contributed by atoms with Crippen LogP contribution in [0, 0.1) is 0 Å². The lowest BCUT2D eigenvalue weighted by molar-refractivity contribution is -0.137. The summed E-state index contributed by atoms with van der Waals surface area (Å²) < 4.78 is 38.5. The summed E-state index contributed by atoms with van der Waals surface area (Å²) in [6.45, 7) is 0. The van der Waals surface area contributed by atoms with Crippen molar-refractivity contribution in [2.75, 3.05) is 7.11 Å². The molecule has 0 saturated heterocycles. The second-order valence-electron chi connectivity index (χ2n) is 3.58. The van der Waals surface area contributed by atoms with Crippen LogP contribution in [0.1, 0.15) is 16.1 Å². The molecule has 2 aromatic rings. The maximum absolute atomic E-state index is 12.6. The molecule has 1 N–H and O–H groups in total. The van der Waals surface area contributed by atoms with Gasteiger partial charge in [-0.2, -0.15) is 17.9 Å². The lowest BCUT2D eigenvalue weighted by atomic mass is 10.1. The quantitative estimate of drug-likeness (QED) is 0.901. The van der Waals surface area contributed by atoms with Gasteiger partial charge in [-0.15, -0.1) is 0 Å². The van der Waals surface area contributed by atoms with Crippen molar-refractivity contribution in [2.45, 2.75) is 6.18 Å². The Labute approximate surface area is 99.1 Å². The predicted octanol–water partition coefficient (Wildman–Crippen LogP) is 2.42. The SMILES string of the molecule is COn1c(C(=O)O)cc2ccc(C(F)(F)F)cc21. The standard InChI is InChI=1S/C11H8F3NO3/c1-18-15-8-5-7(11(12,13)14)3-2-6(8)4-9(15)10(16)17/h2-5H,1H3,(H,16,17). The monoisotopic (exact) mass is 259 g/mol. The molecule has 0 unspecified atom stereocenters. The Kier molecular flexibility index (Phi) is 2.68. The Morgan fingerprint density at radius 3 is 2.50 bits per heavy atom. The molecule has 0 fully saturated rings. The van der Waals surface area contributed by atoms with Crippen LogP contribution in [0.3, 0.4) is 0 Å². The van der Waals surface area contributed by atoms with Gasteiger partial charge in [-0.3, -0.25) is 0 Å². The number of alkyl halides is 3. The number of nitrogens with zero attached hydrogens (tertiary/aromatic N) is 1. The van der Waals surface area contributed by atoms with E-state index >= 15 is 0 Å². The molecular formula is C11H8F3NO3. The van der Waals surface area contributed by atoms with E-state index in [-0.39, 0.29) is 11.2 Å². The highest BCUT2D eigenvalue weighted by molar-refractivity contribution is 5.94. The van der Waals surface area contributed by atoms with E-state index < -0.39 is 17.7 Å². The number of carboxylic acid groups (broad SMARTS) is 1. The average molecular weight is 259 g/mol. The van der Waals surface area contributed by atoms with Crippen molar-refractivity contribution in [3.05, 3.63) is 35.5 Å². The fraction of sp³-hybridized carbons (Fsp3) is 0.182. The van der Waals surface area contributed by atoms with Crippen molar-refractivity contribution in [1.29, 1.82) is 0 Å². The Bertz CT molecular complexity index is 616. The van der Waals surface area contributed by atoms with Gasteiger partial charge in [0.05, 0.1) is 11.1 Å². The molecule has 1 aromatic carbocycles. The predicted molar refractivity (Wildman–Crippen MR) is 56.4 cm³/mol. The zero-order valence-electron chi connectivity index (χ0n) is 9.15. The molecule has 1 aromatic heterocycles. The highest BCUT2D eigenvalue weighted by Crippen LogP contribution is 2.32. The van der Waals surface area contributed by atoms with Gasteiger partial charge in [-0.25, -0.2) is 4.79 Å². The van der Waals surface area contributed by atoms with Gasteiger partial charge < -0.3 is 9.94 Å². The van der Waals surface area contributed by atoms with Crippen LogP contribution in [0.25, 0.3) is 10.9 Å². The maximum atomic E-state index is 12.6. The fourth-order valence-electron chi connectivity index (χ4n) is 1.70. The second kappa shape index (κ2) is 3.94. The molecule has 0 spiro atoms. The van der Waals surface area contributed by atoms with Crippen LogP contribution < -0.4 is 4.84 Å². The molecule has 7 heteroatoms. The van der Waals surface area contributed by atoms with E-state index in [9.17, 15) is 18.0 Å². The van der Waals surface area contributed by atoms with Crippen molar-refractivity contribution in [3.8, 4) is 0 Å². The number of benzene rings is 1. The number of hydrogen-bond acceptors (Lipinski definition) is 2. The Morgan fingerprint density at radius 2 is 2.00 bits per heavy atom. The first-order chi connectivity index (χ1) is 8.34. The molecule has 0 radical (unpaired) electrons. The van der Waals surface area contributed by atoms with Gasteiger partial charge in [-0.1, -0.05) is 6.07 Å². The van der Waals surface area contributed by atoms with Gasteiger partial charge in [0.2, 0.25) is 0 Å². The van der Waals surface area contributed by atoms with E-state index in [2.05, 4.69) is 0 Å². The number of aromatic nitrogens is 1. The third-order valence-corrected chi connectivity index (χ3v) is 2.49. The summed E-state index contributed by atoms with van der Waals surface area (Å²) in [6, 6.07) is 4.21. The smallest absolute Gasteiger partial charge is 0.416 e. The van der Waals surface area contributed by atoms with E-state index in [1.807, 2.05) is 0 Å². The van der Waals surface area contributed by atoms with Gasteiger partial charge in [-0.05, 0) is 18.2 Å². The zero-order chi connectivity index (χ0) is 13.5. The zero-order valence-corrected chi connectivity index (χ0v) is 9.15. The first kappa shape index (κ1) is 12.3. The van der Waals surface area contributed by atoms with Crippen molar-refractivity contribution in [2.24, 2.45) is 0 Å². The van der Waals surface area contributed by atoms with E-state index in [0.717, 1.165) is 16.9 Å². The largest absolute Gasteiger partial charge is 0.476 e. The topological polar surface area (TPSA) is 51.5 Å². The first-order valence-electron chi connectivity index (χ1n) is 4.85. The van der Waals surface area contributed by atoms with Crippen LogP contribution in [0.2, 0.25) is 0 Å². The highest BCUT2D eigenvalue weighted by Gasteiger charge is 2.31. The van der Waals surface area contributed by atoms with Crippen molar-refractivity contribution in [1.82, 2.24) is 4.73 Å². The van der Waals surface area contributed by atoms with Gasteiger partial charge >= 0.3 is 12.1 Å². The summed E-state index contributed by atoms with van der Waals surface area (Å²) in [4.78, 5) is 15.7. The van der Waals surface area contributed by atoms with Crippen molar-refractivity contribution >= 4 is 16.9 Å². The molecule has 1 heterocycles. The normalized spacial score (nSPS) is 11.8. The molecule has 0 saturated carbocycles. The first-order valence-corrected chi connectivity index (χ1v) is 4.85. The molecule has 4 nitrogen and oxygen atoms in total. The summed E-state index contributed by atoms with van der Waals surface area (Å²) in [5.74, 6) is -1.28. The Morgan fingerprint density at radius 1 is 1.33 bits per heavy atom. The number of hydrogen-bond donors (Lipinski definition) is 1. The lowest BCUT2D eigenvalue weighted by Crippen LogP contribution is -2.14. The lowest BCUT2D eigenvalue weighted by Gasteiger charge is -2.08. The Balaban J connectivity index is 2.72. The van der Waals surface area contributed by atoms with E-state index in [4.69, 9.17) is 9.94 Å². The maximum Gasteiger partial charge on any atom is 0.416 e. The molecule has 0 aliphatic carbocycles. The van der Waals surface area contributed by atoms with Gasteiger partial charge in [0.25, 0.3) is 0 Å². The Hall–Kier alpha value is -2.18. The van der Waals surface area contributed by atoms with Crippen LogP contribution in [0.4, 0.5) is 13.2 Å². The molecule has 0 aliphatic heterocycles. The minimum absolute atomic E-state index is 0.0599. The molecule has 96 valence electrons. The summed E-state index contributed by atoms with van der Waals surface area (Å²) in [6.07, 6.45) is -4.49. The minimum atomic E-state index is -4.49. The molecule has 2 rings (SSSR count). The number of fused-ring (bicyclic) bond motifs is 1. The minimum Gasteiger partial charge on any atom is -0.476 e. The van der Waals surface area contributed by atoms with Crippen LogP contribution in [-0.4, -0.2) is 22.9 Å². The number of halogens is 3. The average Bonchev–Trinajstić information content (AvgIpc) is 2.65. The van der Waals surface area contributed by atoms with Crippen LogP contribution in [0.5, 0.6) is 0 Å². The molecule has 0 aliphatic rings. The molecule has 0 amide bonds. The molecule has 0 atom stereocenters. The number of aromatic carboxylic acids is 1. The summed E-state index contributed by atoms with van der Waals surface area (Å²) in [7, 11) is 1.19. The molecular weight excluding hydrogens is 251 g/mol. The van der Waals surface area contributed by atoms with Gasteiger partial charge in [0.1, 0.15) is 7.11 Å². The molecule has 0 bridgehead atoms. The van der Waals surface area contributed by atoms with Crippen molar-refractivity contribution in [3.63, 3.8) is 0 Å². The number of carbonyl (C=O) groups is 1. The fourth-order valence-corrected chi connectivity index (χ4v) is 1.70. The van der Waals surface area contributed by atoms with Gasteiger partial charge in [0, 0.05) is 5.39 Å².